The van der Waals surface area contributed by atoms with E-state index < -0.39 is 0 Å². The first-order chi connectivity index (χ1) is 14.1. The van der Waals surface area contributed by atoms with Gasteiger partial charge in [-0.15, -0.1) is 0 Å². The molecule has 1 N–H and O–H groups in total. The first-order valence-corrected chi connectivity index (χ1v) is 13.1. The summed E-state index contributed by atoms with van der Waals surface area (Å²) in [7, 11) is 0. The molecule has 30 heavy (non-hydrogen) atoms. The highest BCUT2D eigenvalue weighted by Gasteiger charge is 2.58. The van der Waals surface area contributed by atoms with Gasteiger partial charge in [0.2, 0.25) is 0 Å². The molecule has 3 saturated carbocycles. The fourth-order valence-electron chi connectivity index (χ4n) is 8.68. The minimum absolute atomic E-state index is 0.0510. The normalized spacial score (nSPS) is 45.2. The lowest BCUT2D eigenvalue weighted by atomic mass is 9.47. The average Bonchev–Trinajstić information content (AvgIpc) is 3.05. The summed E-state index contributed by atoms with van der Waals surface area (Å²) in [6.07, 6.45) is 14.0. The summed E-state index contributed by atoms with van der Waals surface area (Å²) in [5.41, 5.74) is 4.25. The molecule has 0 spiro atoms. The van der Waals surface area contributed by atoms with Gasteiger partial charge in [-0.1, -0.05) is 65.3 Å². The van der Waals surface area contributed by atoms with Crippen LogP contribution in [0.3, 0.4) is 0 Å². The molecule has 4 rings (SSSR count). The Labute approximate surface area is 186 Å². The van der Waals surface area contributed by atoms with Crippen molar-refractivity contribution >= 4 is 0 Å². The van der Waals surface area contributed by atoms with Crippen molar-refractivity contribution in [3.05, 3.63) is 23.8 Å². The second-order valence-corrected chi connectivity index (χ2v) is 12.8. The largest absolute Gasteiger partial charge is 0.393 e. The Morgan fingerprint density at radius 3 is 2.40 bits per heavy atom. The van der Waals surface area contributed by atoms with E-state index in [1.165, 1.54) is 50.5 Å². The van der Waals surface area contributed by atoms with Crippen LogP contribution in [0.2, 0.25) is 0 Å². The highest BCUT2D eigenvalue weighted by molar-refractivity contribution is 5.28. The molecule has 1 heteroatoms. The van der Waals surface area contributed by atoms with Crippen LogP contribution in [0.5, 0.6) is 0 Å². The van der Waals surface area contributed by atoms with Gasteiger partial charge in [-0.3, -0.25) is 0 Å². The van der Waals surface area contributed by atoms with Gasteiger partial charge < -0.3 is 5.11 Å². The van der Waals surface area contributed by atoms with Gasteiger partial charge in [0.1, 0.15) is 0 Å². The number of aliphatic hydroxyl groups excluding tert-OH is 1. The molecule has 0 bridgehead atoms. The van der Waals surface area contributed by atoms with Gasteiger partial charge in [-0.25, -0.2) is 0 Å². The van der Waals surface area contributed by atoms with Crippen molar-refractivity contribution < 1.29 is 5.11 Å². The van der Waals surface area contributed by atoms with E-state index in [1.54, 1.807) is 0 Å². The van der Waals surface area contributed by atoms with Gasteiger partial charge >= 0.3 is 0 Å². The first kappa shape index (κ1) is 22.6. The molecular formula is C29H48O. The summed E-state index contributed by atoms with van der Waals surface area (Å²) in [5.74, 6) is 5.23. The van der Waals surface area contributed by atoms with Crippen LogP contribution < -0.4 is 0 Å². The second kappa shape index (κ2) is 8.09. The molecule has 4 unspecified atom stereocenters. The molecule has 0 radical (unpaired) electrons. The first-order valence-electron chi connectivity index (χ1n) is 13.1. The SMILES string of the molecule is C=C(C[C@@H](C)[C@H]1CCC2C3=CCC4C[C@@H](O)CC[C@]4(C)C3CC[C@@]21C)C(C)C(C)C. The van der Waals surface area contributed by atoms with Crippen molar-refractivity contribution in [1.82, 2.24) is 0 Å². The summed E-state index contributed by atoms with van der Waals surface area (Å²) >= 11 is 0. The topological polar surface area (TPSA) is 20.2 Å². The molecule has 0 saturated heterocycles. The predicted octanol–water partition coefficient (Wildman–Crippen LogP) is 7.80. The van der Waals surface area contributed by atoms with Gasteiger partial charge in [-0.05, 0) is 110 Å². The zero-order chi connectivity index (χ0) is 21.8. The van der Waals surface area contributed by atoms with Crippen LogP contribution >= 0.6 is 0 Å². The summed E-state index contributed by atoms with van der Waals surface area (Å²) in [6.45, 7) is 19.3. The lowest BCUT2D eigenvalue weighted by Crippen LogP contribution is -2.49. The standard InChI is InChI=1S/C29H48O/c1-18(2)21(5)19(3)16-20(4)25-10-11-26-24-9-8-22-17-23(30)12-14-28(22,6)27(24)13-15-29(25,26)7/h9,18,20-23,25-27,30H,3,8,10-17H2,1-2,4-7H3/t20-,21?,22?,23+,25-,26?,27?,28+,29-/m1/s1. The number of fused-ring (bicyclic) bond motifs is 5. The van der Waals surface area contributed by atoms with Crippen molar-refractivity contribution in [1.29, 1.82) is 0 Å². The third kappa shape index (κ3) is 3.56. The van der Waals surface area contributed by atoms with Crippen molar-refractivity contribution in [2.24, 2.45) is 52.3 Å². The fraction of sp³-hybridized carbons (Fsp3) is 0.862. The van der Waals surface area contributed by atoms with Crippen molar-refractivity contribution in [3.63, 3.8) is 0 Å². The maximum Gasteiger partial charge on any atom is 0.0543 e. The molecule has 0 aromatic heterocycles. The molecule has 0 amide bonds. The second-order valence-electron chi connectivity index (χ2n) is 12.8. The Kier molecular flexibility index (Phi) is 6.10. The van der Waals surface area contributed by atoms with Gasteiger partial charge in [-0.2, -0.15) is 0 Å². The van der Waals surface area contributed by atoms with E-state index in [-0.39, 0.29) is 6.10 Å². The maximum atomic E-state index is 10.3. The van der Waals surface area contributed by atoms with Crippen LogP contribution in [0.4, 0.5) is 0 Å². The molecule has 0 aromatic rings. The van der Waals surface area contributed by atoms with E-state index in [0.29, 0.717) is 28.6 Å². The summed E-state index contributed by atoms with van der Waals surface area (Å²) in [6, 6.07) is 0. The molecule has 0 aromatic carbocycles. The number of allylic oxidation sites excluding steroid dienone is 3. The number of rotatable bonds is 5. The number of aliphatic hydroxyl groups is 1. The predicted molar refractivity (Wildman–Crippen MR) is 128 cm³/mol. The highest BCUT2D eigenvalue weighted by atomic mass is 16.3. The molecule has 0 aliphatic heterocycles. The minimum atomic E-state index is -0.0510. The molecule has 4 aliphatic carbocycles. The van der Waals surface area contributed by atoms with Crippen LogP contribution in [0.15, 0.2) is 23.8 Å². The smallest absolute Gasteiger partial charge is 0.0543 e. The lowest BCUT2D eigenvalue weighted by molar-refractivity contribution is -0.0425. The van der Waals surface area contributed by atoms with E-state index in [9.17, 15) is 5.11 Å². The molecule has 4 aliphatic rings. The quantitative estimate of drug-likeness (QED) is 0.457. The van der Waals surface area contributed by atoms with E-state index in [0.717, 1.165) is 36.5 Å². The fourth-order valence-corrected chi connectivity index (χ4v) is 8.68. The van der Waals surface area contributed by atoms with Gasteiger partial charge in [0, 0.05) is 0 Å². The highest BCUT2D eigenvalue weighted by Crippen LogP contribution is 2.67. The molecule has 1 nitrogen and oxygen atoms in total. The maximum absolute atomic E-state index is 10.3. The van der Waals surface area contributed by atoms with E-state index in [1.807, 2.05) is 5.57 Å². The Balaban J connectivity index is 1.52. The van der Waals surface area contributed by atoms with Crippen LogP contribution in [-0.4, -0.2) is 11.2 Å². The van der Waals surface area contributed by atoms with Gasteiger partial charge in [0.15, 0.2) is 0 Å². The van der Waals surface area contributed by atoms with Crippen molar-refractivity contribution in [2.75, 3.05) is 0 Å². The van der Waals surface area contributed by atoms with E-state index in [2.05, 4.69) is 54.2 Å². The Bertz CT molecular complexity index is 688. The van der Waals surface area contributed by atoms with Crippen LogP contribution in [0, 0.1) is 52.3 Å². The minimum Gasteiger partial charge on any atom is -0.393 e. The molecule has 170 valence electrons. The van der Waals surface area contributed by atoms with Crippen LogP contribution in [0.1, 0.15) is 99.3 Å². The van der Waals surface area contributed by atoms with Crippen molar-refractivity contribution in [2.45, 2.75) is 105 Å². The Morgan fingerprint density at radius 2 is 1.70 bits per heavy atom. The summed E-state index contributed by atoms with van der Waals surface area (Å²) in [4.78, 5) is 0. The summed E-state index contributed by atoms with van der Waals surface area (Å²) in [5, 5.41) is 10.3. The van der Waals surface area contributed by atoms with Crippen molar-refractivity contribution in [3.8, 4) is 0 Å². The zero-order valence-electron chi connectivity index (χ0n) is 20.7. The zero-order valence-corrected chi connectivity index (χ0v) is 20.7. The Hall–Kier alpha value is -0.560. The van der Waals surface area contributed by atoms with Crippen LogP contribution in [-0.2, 0) is 0 Å². The number of hydrogen-bond donors (Lipinski definition) is 1. The third-order valence-electron chi connectivity index (χ3n) is 11.0. The van der Waals surface area contributed by atoms with Crippen LogP contribution in [0.25, 0.3) is 0 Å². The van der Waals surface area contributed by atoms with E-state index in [4.69, 9.17) is 0 Å². The number of hydrogen-bond acceptors (Lipinski definition) is 1. The Morgan fingerprint density at radius 1 is 1.03 bits per heavy atom. The van der Waals surface area contributed by atoms with Gasteiger partial charge in [0.25, 0.3) is 0 Å². The third-order valence-corrected chi connectivity index (χ3v) is 11.0. The monoisotopic (exact) mass is 412 g/mol. The lowest BCUT2D eigenvalue weighted by Gasteiger charge is -2.57. The molecule has 0 heterocycles. The molecule has 9 atom stereocenters. The van der Waals surface area contributed by atoms with Gasteiger partial charge in [0.05, 0.1) is 6.10 Å². The molecular weight excluding hydrogens is 364 g/mol. The molecule has 3 fully saturated rings. The van der Waals surface area contributed by atoms with E-state index >= 15 is 0 Å². The summed E-state index contributed by atoms with van der Waals surface area (Å²) < 4.78 is 0. The average molecular weight is 413 g/mol.